The van der Waals surface area contributed by atoms with Crippen molar-refractivity contribution >= 4 is 5.91 Å². The number of rotatable bonds is 5. The van der Waals surface area contributed by atoms with Crippen molar-refractivity contribution in [3.8, 4) is 11.5 Å². The molecule has 1 amide bonds. The van der Waals surface area contributed by atoms with Gasteiger partial charge in [0.1, 0.15) is 0 Å². The normalized spacial score (nSPS) is 23.0. The van der Waals surface area contributed by atoms with Crippen LogP contribution in [0.5, 0.6) is 11.5 Å². The summed E-state index contributed by atoms with van der Waals surface area (Å²) in [4.78, 5) is 11.9. The van der Waals surface area contributed by atoms with Crippen LogP contribution in [-0.2, 0) is 11.2 Å². The van der Waals surface area contributed by atoms with Crippen molar-refractivity contribution in [3.63, 3.8) is 0 Å². The summed E-state index contributed by atoms with van der Waals surface area (Å²) in [6.45, 7) is 0.532. The maximum Gasteiger partial charge on any atom is 0.237 e. The van der Waals surface area contributed by atoms with E-state index in [-0.39, 0.29) is 29.9 Å². The Hall–Kier alpha value is -1.79. The first-order valence-corrected chi connectivity index (χ1v) is 7.18. The highest BCUT2D eigenvalue weighted by atomic mass is 16.3. The van der Waals surface area contributed by atoms with Gasteiger partial charge < -0.3 is 26.4 Å². The zero-order valence-electron chi connectivity index (χ0n) is 11.8. The number of hydrogen-bond acceptors (Lipinski definition) is 5. The van der Waals surface area contributed by atoms with E-state index in [1.165, 1.54) is 12.1 Å². The van der Waals surface area contributed by atoms with Crippen molar-refractivity contribution < 1.29 is 20.1 Å². The number of carbonyl (C=O) groups is 1. The Bertz CT molecular complexity index is 506. The van der Waals surface area contributed by atoms with Gasteiger partial charge in [-0.15, -0.1) is 0 Å². The fourth-order valence-electron chi connectivity index (χ4n) is 2.65. The monoisotopic (exact) mass is 294 g/mol. The minimum absolute atomic E-state index is 0.198. The van der Waals surface area contributed by atoms with Crippen LogP contribution in [0.4, 0.5) is 0 Å². The van der Waals surface area contributed by atoms with Gasteiger partial charge in [0.25, 0.3) is 0 Å². The number of aliphatic hydroxyl groups is 1. The number of nitrogens with one attached hydrogen (secondary N) is 1. The zero-order chi connectivity index (χ0) is 15.4. The van der Waals surface area contributed by atoms with E-state index < -0.39 is 6.04 Å². The van der Waals surface area contributed by atoms with Crippen LogP contribution in [0.3, 0.4) is 0 Å². The number of aliphatic hydroxyl groups excluding tert-OH is 1. The quantitative estimate of drug-likeness (QED) is 0.499. The fraction of sp³-hybridized carbons (Fsp3) is 0.533. The lowest BCUT2D eigenvalue weighted by Gasteiger charge is -2.15. The minimum atomic E-state index is -0.708. The van der Waals surface area contributed by atoms with Crippen LogP contribution in [0.15, 0.2) is 18.2 Å². The predicted molar refractivity (Wildman–Crippen MR) is 77.8 cm³/mol. The van der Waals surface area contributed by atoms with Gasteiger partial charge in [-0.05, 0) is 49.3 Å². The SMILES string of the molecule is N[C@@H](Cc1ccc(O)c(O)c1)C(=O)NCC1CCC(O)C1. The Morgan fingerprint density at radius 3 is 2.71 bits per heavy atom. The molecule has 2 rings (SSSR count). The number of benzene rings is 1. The predicted octanol–water partition coefficient (Wildman–Crippen LogP) is 0.245. The van der Waals surface area contributed by atoms with Gasteiger partial charge in [0.05, 0.1) is 12.1 Å². The topological polar surface area (TPSA) is 116 Å². The van der Waals surface area contributed by atoms with E-state index in [1.54, 1.807) is 6.07 Å². The average molecular weight is 294 g/mol. The molecule has 1 fully saturated rings. The van der Waals surface area contributed by atoms with Crippen LogP contribution in [-0.4, -0.2) is 39.9 Å². The molecule has 0 heterocycles. The molecule has 3 atom stereocenters. The molecule has 1 aliphatic carbocycles. The second kappa shape index (κ2) is 6.78. The van der Waals surface area contributed by atoms with Crippen LogP contribution in [0.25, 0.3) is 0 Å². The second-order valence-electron chi connectivity index (χ2n) is 5.71. The van der Waals surface area contributed by atoms with Crippen LogP contribution < -0.4 is 11.1 Å². The van der Waals surface area contributed by atoms with Gasteiger partial charge >= 0.3 is 0 Å². The number of phenolic OH excluding ortho intramolecular Hbond substituents is 2. The number of hydrogen-bond donors (Lipinski definition) is 5. The number of amides is 1. The lowest BCUT2D eigenvalue weighted by Crippen LogP contribution is -2.43. The standard InChI is InChI=1S/C15H22N2O4/c16-12(6-9-2-4-13(19)14(20)7-9)15(21)17-8-10-1-3-11(18)5-10/h2,4,7,10-12,18-20H,1,3,5-6,8,16H2,(H,17,21)/t10?,11?,12-/m0/s1. The van der Waals surface area contributed by atoms with E-state index in [0.717, 1.165) is 19.3 Å². The van der Waals surface area contributed by atoms with Crippen molar-refractivity contribution in [1.82, 2.24) is 5.32 Å². The highest BCUT2D eigenvalue weighted by molar-refractivity contribution is 5.81. The van der Waals surface area contributed by atoms with Gasteiger partial charge in [-0.2, -0.15) is 0 Å². The van der Waals surface area contributed by atoms with Gasteiger partial charge in [-0.1, -0.05) is 6.07 Å². The lowest BCUT2D eigenvalue weighted by molar-refractivity contribution is -0.122. The largest absolute Gasteiger partial charge is 0.504 e. The van der Waals surface area contributed by atoms with Crippen molar-refractivity contribution in [2.45, 2.75) is 37.8 Å². The highest BCUT2D eigenvalue weighted by Gasteiger charge is 2.24. The van der Waals surface area contributed by atoms with Gasteiger partial charge in [0.2, 0.25) is 5.91 Å². The van der Waals surface area contributed by atoms with E-state index in [1.807, 2.05) is 0 Å². The van der Waals surface area contributed by atoms with E-state index in [0.29, 0.717) is 18.0 Å². The first-order valence-electron chi connectivity index (χ1n) is 7.18. The molecule has 21 heavy (non-hydrogen) atoms. The van der Waals surface area contributed by atoms with E-state index in [2.05, 4.69) is 5.32 Å². The highest BCUT2D eigenvalue weighted by Crippen LogP contribution is 2.26. The van der Waals surface area contributed by atoms with Crippen LogP contribution in [0, 0.1) is 5.92 Å². The summed E-state index contributed by atoms with van der Waals surface area (Å²) >= 11 is 0. The number of phenols is 2. The Morgan fingerprint density at radius 2 is 2.10 bits per heavy atom. The fourth-order valence-corrected chi connectivity index (χ4v) is 2.65. The van der Waals surface area contributed by atoms with E-state index >= 15 is 0 Å². The third-order valence-electron chi connectivity index (χ3n) is 3.91. The lowest BCUT2D eigenvalue weighted by atomic mass is 10.0. The molecular weight excluding hydrogens is 272 g/mol. The summed E-state index contributed by atoms with van der Waals surface area (Å²) in [5, 5.41) is 30.9. The molecule has 0 radical (unpaired) electrons. The van der Waals surface area contributed by atoms with E-state index in [9.17, 15) is 20.1 Å². The van der Waals surface area contributed by atoms with Crippen molar-refractivity contribution in [2.75, 3.05) is 6.54 Å². The summed E-state index contributed by atoms with van der Waals surface area (Å²) in [6, 6.07) is 3.68. The molecule has 0 saturated heterocycles. The van der Waals surface area contributed by atoms with Crippen LogP contribution >= 0.6 is 0 Å². The Balaban J connectivity index is 1.80. The van der Waals surface area contributed by atoms with Crippen LogP contribution in [0.1, 0.15) is 24.8 Å². The summed E-state index contributed by atoms with van der Waals surface area (Å²) in [5.41, 5.74) is 6.53. The second-order valence-corrected chi connectivity index (χ2v) is 5.71. The summed E-state index contributed by atoms with van der Waals surface area (Å²) in [5.74, 6) is -0.352. The van der Waals surface area contributed by atoms with Gasteiger partial charge in [0.15, 0.2) is 11.5 Å². The van der Waals surface area contributed by atoms with E-state index in [4.69, 9.17) is 5.73 Å². The molecular formula is C15H22N2O4. The summed E-state index contributed by atoms with van der Waals surface area (Å²) in [7, 11) is 0. The van der Waals surface area contributed by atoms with Gasteiger partial charge in [0, 0.05) is 6.54 Å². The molecule has 0 bridgehead atoms. The molecule has 1 saturated carbocycles. The maximum atomic E-state index is 11.9. The average Bonchev–Trinajstić information content (AvgIpc) is 2.86. The number of nitrogens with two attached hydrogens (primary N) is 1. The summed E-state index contributed by atoms with van der Waals surface area (Å²) in [6.07, 6.45) is 2.47. The molecule has 0 spiro atoms. The van der Waals surface area contributed by atoms with Crippen LogP contribution in [0.2, 0.25) is 0 Å². The molecule has 1 aliphatic rings. The van der Waals surface area contributed by atoms with Crippen molar-refractivity contribution in [2.24, 2.45) is 11.7 Å². The zero-order valence-corrected chi connectivity index (χ0v) is 11.8. The summed E-state index contributed by atoms with van der Waals surface area (Å²) < 4.78 is 0. The van der Waals surface area contributed by atoms with Gasteiger partial charge in [-0.25, -0.2) is 0 Å². The third kappa shape index (κ3) is 4.34. The minimum Gasteiger partial charge on any atom is -0.504 e. The van der Waals surface area contributed by atoms with Gasteiger partial charge in [-0.3, -0.25) is 4.79 Å². The molecule has 1 aromatic rings. The third-order valence-corrected chi connectivity index (χ3v) is 3.91. The Morgan fingerprint density at radius 1 is 1.33 bits per heavy atom. The molecule has 6 N–H and O–H groups in total. The number of carbonyl (C=O) groups excluding carboxylic acids is 1. The molecule has 0 aliphatic heterocycles. The molecule has 6 nitrogen and oxygen atoms in total. The molecule has 6 heteroatoms. The number of aromatic hydroxyl groups is 2. The smallest absolute Gasteiger partial charge is 0.237 e. The molecule has 0 aromatic heterocycles. The first kappa shape index (κ1) is 15.6. The maximum absolute atomic E-state index is 11.9. The van der Waals surface area contributed by atoms with Crippen molar-refractivity contribution in [3.05, 3.63) is 23.8 Å². The first-order chi connectivity index (χ1) is 9.95. The molecule has 1 aromatic carbocycles. The Labute approximate surface area is 123 Å². The molecule has 2 unspecified atom stereocenters. The molecule has 116 valence electrons. The van der Waals surface area contributed by atoms with Crippen molar-refractivity contribution in [1.29, 1.82) is 0 Å². The Kier molecular flexibility index (Phi) is 5.03.